The molecule has 0 amide bonds. The van der Waals surface area contributed by atoms with Gasteiger partial charge in [-0.05, 0) is 55.3 Å². The minimum atomic E-state index is -3.48. The van der Waals surface area contributed by atoms with Crippen LogP contribution < -0.4 is 4.74 Å². The monoisotopic (exact) mass is 442 g/mol. The van der Waals surface area contributed by atoms with Crippen LogP contribution in [0, 0.1) is 0 Å². The number of sulfonamides is 1. The van der Waals surface area contributed by atoms with Crippen LogP contribution in [0.4, 0.5) is 0 Å². The van der Waals surface area contributed by atoms with E-state index in [-0.39, 0.29) is 4.90 Å². The van der Waals surface area contributed by atoms with E-state index in [0.29, 0.717) is 12.6 Å². The number of benzene rings is 2. The highest BCUT2D eigenvalue weighted by Gasteiger charge is 2.24. The molecule has 1 fully saturated rings. The Bertz CT molecular complexity index is 1140. The van der Waals surface area contributed by atoms with E-state index in [9.17, 15) is 8.42 Å². The second-order valence-corrected chi connectivity index (χ2v) is 10.4. The fraction of sp³-hybridized carbons (Fsp3) is 0.435. The average molecular weight is 443 g/mol. The highest BCUT2D eigenvalue weighted by molar-refractivity contribution is 7.89. The molecule has 0 radical (unpaired) electrons. The quantitative estimate of drug-likeness (QED) is 0.626. The molecule has 7 nitrogen and oxygen atoms in total. The zero-order chi connectivity index (χ0) is 22.0. The molecule has 0 spiro atoms. The maximum atomic E-state index is 12.5. The molecule has 31 heavy (non-hydrogen) atoms. The summed E-state index contributed by atoms with van der Waals surface area (Å²) >= 11 is 0. The molecule has 1 N–H and O–H groups in total. The van der Waals surface area contributed by atoms with E-state index in [1.54, 1.807) is 25.3 Å². The van der Waals surface area contributed by atoms with E-state index >= 15 is 0 Å². The maximum absolute atomic E-state index is 12.5. The van der Waals surface area contributed by atoms with Crippen LogP contribution in [0.5, 0.6) is 5.75 Å². The van der Waals surface area contributed by atoms with Crippen molar-refractivity contribution in [2.75, 3.05) is 27.7 Å². The molecule has 2 heterocycles. The van der Waals surface area contributed by atoms with Gasteiger partial charge in [-0.3, -0.25) is 4.90 Å². The zero-order valence-electron chi connectivity index (χ0n) is 18.3. The summed E-state index contributed by atoms with van der Waals surface area (Å²) < 4.78 is 31.5. The third-order valence-electron chi connectivity index (χ3n) is 6.00. The van der Waals surface area contributed by atoms with Crippen molar-refractivity contribution in [2.24, 2.45) is 0 Å². The Morgan fingerprint density at radius 3 is 2.61 bits per heavy atom. The first-order valence-corrected chi connectivity index (χ1v) is 12.1. The standard InChI is InChI=1S/C23H30N4O3S/c1-26(2)31(28,29)19-12-13-20-21(15-19)25-23(24-20)16-27-14-6-4-5-7-22(27)17-8-10-18(30-3)11-9-17/h8-13,15,22H,4-7,14,16H2,1-3H3,(H,24,25). The molecule has 4 rings (SSSR count). The van der Waals surface area contributed by atoms with Gasteiger partial charge in [-0.25, -0.2) is 17.7 Å². The third kappa shape index (κ3) is 4.61. The van der Waals surface area contributed by atoms with Crippen LogP contribution >= 0.6 is 0 Å². The number of aromatic amines is 1. The highest BCUT2D eigenvalue weighted by atomic mass is 32.2. The minimum Gasteiger partial charge on any atom is -0.497 e. The number of aromatic nitrogens is 2. The summed E-state index contributed by atoms with van der Waals surface area (Å²) in [6, 6.07) is 13.7. The van der Waals surface area contributed by atoms with Gasteiger partial charge in [0.25, 0.3) is 0 Å². The van der Waals surface area contributed by atoms with E-state index in [4.69, 9.17) is 9.72 Å². The number of imidazole rings is 1. The Morgan fingerprint density at radius 2 is 1.90 bits per heavy atom. The van der Waals surface area contributed by atoms with Crippen LogP contribution in [0.25, 0.3) is 11.0 Å². The number of methoxy groups -OCH3 is 1. The smallest absolute Gasteiger partial charge is 0.242 e. The Hall–Kier alpha value is -2.42. The number of fused-ring (bicyclic) bond motifs is 1. The fourth-order valence-electron chi connectivity index (χ4n) is 4.24. The summed E-state index contributed by atoms with van der Waals surface area (Å²) in [4.78, 5) is 10.8. The van der Waals surface area contributed by atoms with E-state index in [2.05, 4.69) is 22.0 Å². The highest BCUT2D eigenvalue weighted by Crippen LogP contribution is 2.32. The third-order valence-corrected chi connectivity index (χ3v) is 7.81. The minimum absolute atomic E-state index is 0.270. The van der Waals surface area contributed by atoms with Crippen molar-refractivity contribution in [3.8, 4) is 5.75 Å². The first kappa shape index (κ1) is 21.8. The van der Waals surface area contributed by atoms with E-state index in [0.717, 1.165) is 42.0 Å². The molecular formula is C23H30N4O3S. The van der Waals surface area contributed by atoms with Crippen LogP contribution in [-0.4, -0.2) is 55.3 Å². The van der Waals surface area contributed by atoms with Crippen molar-refractivity contribution in [1.82, 2.24) is 19.2 Å². The van der Waals surface area contributed by atoms with Gasteiger partial charge in [-0.2, -0.15) is 0 Å². The van der Waals surface area contributed by atoms with E-state index < -0.39 is 10.0 Å². The molecule has 1 aromatic heterocycles. The van der Waals surface area contributed by atoms with Crippen molar-refractivity contribution < 1.29 is 13.2 Å². The molecule has 0 saturated carbocycles. The molecular weight excluding hydrogens is 412 g/mol. The van der Waals surface area contributed by atoms with Gasteiger partial charge < -0.3 is 9.72 Å². The number of H-pyrrole nitrogens is 1. The number of rotatable bonds is 6. The van der Waals surface area contributed by atoms with Crippen molar-refractivity contribution in [2.45, 2.75) is 43.2 Å². The predicted molar refractivity (Wildman–Crippen MR) is 122 cm³/mol. The second kappa shape index (κ2) is 8.98. The number of hydrogen-bond donors (Lipinski definition) is 1. The lowest BCUT2D eigenvalue weighted by Crippen LogP contribution is -2.28. The van der Waals surface area contributed by atoms with Crippen molar-refractivity contribution in [3.63, 3.8) is 0 Å². The van der Waals surface area contributed by atoms with Gasteiger partial charge in [-0.15, -0.1) is 0 Å². The van der Waals surface area contributed by atoms with Gasteiger partial charge in [0.05, 0.1) is 29.6 Å². The Morgan fingerprint density at radius 1 is 1.13 bits per heavy atom. The first-order valence-electron chi connectivity index (χ1n) is 10.7. The van der Waals surface area contributed by atoms with Gasteiger partial charge in [-0.1, -0.05) is 25.0 Å². The number of nitrogens with one attached hydrogen (secondary N) is 1. The molecule has 1 atom stereocenters. The van der Waals surface area contributed by atoms with Crippen LogP contribution in [-0.2, 0) is 16.6 Å². The Kier molecular flexibility index (Phi) is 6.31. The predicted octanol–water partition coefficient (Wildman–Crippen LogP) is 3.94. The second-order valence-electron chi connectivity index (χ2n) is 8.26. The number of ether oxygens (including phenoxy) is 1. The van der Waals surface area contributed by atoms with Gasteiger partial charge in [0.1, 0.15) is 11.6 Å². The lowest BCUT2D eigenvalue weighted by molar-refractivity contribution is 0.188. The van der Waals surface area contributed by atoms with Crippen LogP contribution in [0.3, 0.4) is 0 Å². The average Bonchev–Trinajstić information content (AvgIpc) is 3.02. The fourth-order valence-corrected chi connectivity index (χ4v) is 5.17. The number of likely N-dealkylation sites (tertiary alicyclic amines) is 1. The SMILES string of the molecule is COc1ccc(C2CCCCCN2Cc2nc3ccc(S(=O)(=O)N(C)C)cc3[nH]2)cc1. The molecule has 1 saturated heterocycles. The topological polar surface area (TPSA) is 78.5 Å². The molecule has 166 valence electrons. The molecule has 0 bridgehead atoms. The van der Waals surface area contributed by atoms with Crippen molar-refractivity contribution in [1.29, 1.82) is 0 Å². The van der Waals surface area contributed by atoms with Gasteiger partial charge >= 0.3 is 0 Å². The summed E-state index contributed by atoms with van der Waals surface area (Å²) in [5, 5.41) is 0. The molecule has 2 aromatic carbocycles. The molecule has 1 unspecified atom stereocenters. The molecule has 1 aliphatic heterocycles. The summed E-state index contributed by atoms with van der Waals surface area (Å²) in [7, 11) is 1.28. The molecule has 3 aromatic rings. The Labute approximate surface area is 184 Å². The summed E-state index contributed by atoms with van der Waals surface area (Å²) in [6.07, 6.45) is 4.71. The van der Waals surface area contributed by atoms with E-state index in [1.807, 2.05) is 12.1 Å². The van der Waals surface area contributed by atoms with E-state index in [1.165, 1.54) is 36.8 Å². The number of hydrogen-bond acceptors (Lipinski definition) is 5. The molecule has 8 heteroatoms. The van der Waals surface area contributed by atoms with Crippen LogP contribution in [0.15, 0.2) is 47.4 Å². The zero-order valence-corrected chi connectivity index (χ0v) is 19.2. The number of nitrogens with zero attached hydrogens (tertiary/aromatic N) is 3. The normalized spacial score (nSPS) is 18.4. The van der Waals surface area contributed by atoms with Crippen molar-refractivity contribution >= 4 is 21.1 Å². The molecule has 0 aliphatic carbocycles. The summed E-state index contributed by atoms with van der Waals surface area (Å²) in [5.74, 6) is 1.72. The van der Waals surface area contributed by atoms with Gasteiger partial charge in [0.15, 0.2) is 0 Å². The summed E-state index contributed by atoms with van der Waals surface area (Å²) in [5.41, 5.74) is 2.82. The Balaban J connectivity index is 1.60. The van der Waals surface area contributed by atoms with Gasteiger partial charge in [0.2, 0.25) is 10.0 Å². The van der Waals surface area contributed by atoms with Gasteiger partial charge in [0, 0.05) is 20.1 Å². The largest absolute Gasteiger partial charge is 0.497 e. The van der Waals surface area contributed by atoms with Crippen LogP contribution in [0.1, 0.15) is 43.1 Å². The lowest BCUT2D eigenvalue weighted by Gasteiger charge is -2.29. The van der Waals surface area contributed by atoms with Crippen LogP contribution in [0.2, 0.25) is 0 Å². The lowest BCUT2D eigenvalue weighted by atomic mass is 10.0. The first-order chi connectivity index (χ1) is 14.9. The maximum Gasteiger partial charge on any atom is 0.242 e. The summed E-state index contributed by atoms with van der Waals surface area (Å²) in [6.45, 7) is 1.70. The molecule has 1 aliphatic rings. The van der Waals surface area contributed by atoms with Crippen molar-refractivity contribution in [3.05, 3.63) is 53.9 Å².